The molecule has 0 saturated heterocycles. The summed E-state index contributed by atoms with van der Waals surface area (Å²) in [6.45, 7) is 4.67. The standard InChI is InChI=1S/C21H18O9/c1-11(22)27-17-7-5-15(9-19(17)29-13(3)24)21(26)16-6-8-18(28-12(2)23)20(10-16)30-14(4)25/h5-10H,1-4H3. The van der Waals surface area contributed by atoms with Crippen LogP contribution < -0.4 is 18.9 Å². The van der Waals surface area contributed by atoms with Crippen molar-refractivity contribution in [3.8, 4) is 23.0 Å². The van der Waals surface area contributed by atoms with Crippen LogP contribution >= 0.6 is 0 Å². The topological polar surface area (TPSA) is 122 Å². The van der Waals surface area contributed by atoms with Gasteiger partial charge in [-0.15, -0.1) is 0 Å². The number of benzene rings is 2. The van der Waals surface area contributed by atoms with Gasteiger partial charge < -0.3 is 18.9 Å². The van der Waals surface area contributed by atoms with Gasteiger partial charge in [-0.3, -0.25) is 24.0 Å². The van der Waals surface area contributed by atoms with Gasteiger partial charge in [0.25, 0.3) is 0 Å². The van der Waals surface area contributed by atoms with Crippen molar-refractivity contribution < 1.29 is 42.9 Å². The van der Waals surface area contributed by atoms with E-state index in [4.69, 9.17) is 18.9 Å². The number of carbonyl (C=O) groups is 5. The van der Waals surface area contributed by atoms with Crippen LogP contribution in [0.25, 0.3) is 0 Å². The molecule has 0 saturated carbocycles. The lowest BCUT2D eigenvalue weighted by molar-refractivity contribution is -0.134. The second-order valence-electron chi connectivity index (χ2n) is 6.03. The van der Waals surface area contributed by atoms with Gasteiger partial charge in [-0.1, -0.05) is 0 Å². The SMILES string of the molecule is CC(=O)Oc1ccc(C(=O)c2ccc(OC(C)=O)c(OC(C)=O)c2)cc1OC(C)=O. The number of ether oxygens (including phenoxy) is 4. The molecule has 9 heteroatoms. The fourth-order valence-corrected chi connectivity index (χ4v) is 2.41. The first-order valence-electron chi connectivity index (χ1n) is 8.63. The van der Waals surface area contributed by atoms with Crippen molar-refractivity contribution >= 4 is 29.7 Å². The van der Waals surface area contributed by atoms with E-state index in [-0.39, 0.29) is 34.1 Å². The Morgan fingerprint density at radius 1 is 0.500 bits per heavy atom. The summed E-state index contributed by atoms with van der Waals surface area (Å²) in [6, 6.07) is 7.86. The zero-order valence-electron chi connectivity index (χ0n) is 16.6. The number of rotatable bonds is 6. The number of hydrogen-bond donors (Lipinski definition) is 0. The highest BCUT2D eigenvalue weighted by atomic mass is 16.6. The zero-order valence-corrected chi connectivity index (χ0v) is 16.6. The van der Waals surface area contributed by atoms with Gasteiger partial charge in [0.05, 0.1) is 0 Å². The molecule has 0 N–H and O–H groups in total. The summed E-state index contributed by atoms with van der Waals surface area (Å²) in [5, 5.41) is 0. The highest BCUT2D eigenvalue weighted by molar-refractivity contribution is 6.09. The van der Waals surface area contributed by atoms with E-state index in [2.05, 4.69) is 0 Å². The van der Waals surface area contributed by atoms with Gasteiger partial charge in [-0.2, -0.15) is 0 Å². The summed E-state index contributed by atoms with van der Waals surface area (Å²) in [4.78, 5) is 58.0. The molecular weight excluding hydrogens is 396 g/mol. The molecular formula is C21H18O9. The predicted octanol–water partition coefficient (Wildman–Crippen LogP) is 2.62. The summed E-state index contributed by atoms with van der Waals surface area (Å²) < 4.78 is 20.0. The molecule has 156 valence electrons. The smallest absolute Gasteiger partial charge is 0.308 e. The minimum absolute atomic E-state index is 0.0277. The van der Waals surface area contributed by atoms with E-state index in [0.717, 1.165) is 13.8 Å². The lowest BCUT2D eigenvalue weighted by Crippen LogP contribution is -2.10. The van der Waals surface area contributed by atoms with Crippen molar-refractivity contribution in [3.63, 3.8) is 0 Å². The molecule has 30 heavy (non-hydrogen) atoms. The van der Waals surface area contributed by atoms with Gasteiger partial charge in [-0.25, -0.2) is 0 Å². The Bertz CT molecular complexity index is 955. The maximum Gasteiger partial charge on any atom is 0.308 e. The molecule has 0 radical (unpaired) electrons. The van der Waals surface area contributed by atoms with Gasteiger partial charge in [0.2, 0.25) is 0 Å². The van der Waals surface area contributed by atoms with E-state index in [9.17, 15) is 24.0 Å². The van der Waals surface area contributed by atoms with Crippen molar-refractivity contribution in [1.82, 2.24) is 0 Å². The summed E-state index contributed by atoms with van der Waals surface area (Å²) in [6.07, 6.45) is 0. The summed E-state index contributed by atoms with van der Waals surface area (Å²) >= 11 is 0. The largest absolute Gasteiger partial charge is 0.423 e. The molecule has 0 aliphatic carbocycles. The number of hydrogen-bond acceptors (Lipinski definition) is 9. The minimum atomic E-state index is -0.670. The Morgan fingerprint density at radius 2 is 0.800 bits per heavy atom. The molecule has 0 bridgehead atoms. The van der Waals surface area contributed by atoms with Crippen LogP contribution in [-0.4, -0.2) is 29.7 Å². The van der Waals surface area contributed by atoms with Gasteiger partial charge >= 0.3 is 23.9 Å². The summed E-state index contributed by atoms with van der Waals surface area (Å²) in [7, 11) is 0. The van der Waals surface area contributed by atoms with Gasteiger partial charge in [0.1, 0.15) is 0 Å². The predicted molar refractivity (Wildman–Crippen MR) is 102 cm³/mol. The van der Waals surface area contributed by atoms with Crippen molar-refractivity contribution in [2.75, 3.05) is 0 Å². The normalized spacial score (nSPS) is 10.0. The Morgan fingerprint density at radius 3 is 1.10 bits per heavy atom. The molecule has 0 aliphatic rings. The van der Waals surface area contributed by atoms with Crippen LogP contribution in [0.1, 0.15) is 43.6 Å². The van der Waals surface area contributed by atoms with E-state index in [1.807, 2.05) is 0 Å². The first kappa shape index (κ1) is 22.3. The van der Waals surface area contributed by atoms with Gasteiger partial charge in [-0.05, 0) is 36.4 Å². The second kappa shape index (κ2) is 9.46. The minimum Gasteiger partial charge on any atom is -0.423 e. The highest BCUT2D eigenvalue weighted by Gasteiger charge is 2.19. The van der Waals surface area contributed by atoms with E-state index in [1.54, 1.807) is 0 Å². The Hall–Kier alpha value is -4.01. The third kappa shape index (κ3) is 5.99. The lowest BCUT2D eigenvalue weighted by Gasteiger charge is -2.12. The third-order valence-electron chi connectivity index (χ3n) is 3.43. The van der Waals surface area contributed by atoms with E-state index >= 15 is 0 Å². The molecule has 0 heterocycles. The van der Waals surface area contributed by atoms with Crippen LogP contribution in [-0.2, 0) is 19.2 Å². The molecule has 2 aromatic carbocycles. The van der Waals surface area contributed by atoms with Crippen LogP contribution in [0.15, 0.2) is 36.4 Å². The average molecular weight is 414 g/mol. The van der Waals surface area contributed by atoms with Crippen LogP contribution in [0, 0.1) is 0 Å². The maximum atomic E-state index is 12.9. The quantitative estimate of drug-likeness (QED) is 0.399. The van der Waals surface area contributed by atoms with Crippen molar-refractivity contribution in [1.29, 1.82) is 0 Å². The number of esters is 4. The first-order chi connectivity index (χ1) is 14.1. The van der Waals surface area contributed by atoms with E-state index < -0.39 is 29.7 Å². The zero-order chi connectivity index (χ0) is 22.4. The van der Waals surface area contributed by atoms with Crippen molar-refractivity contribution in [3.05, 3.63) is 47.5 Å². The maximum absolute atomic E-state index is 12.9. The first-order valence-corrected chi connectivity index (χ1v) is 8.63. The van der Waals surface area contributed by atoms with Crippen molar-refractivity contribution in [2.45, 2.75) is 27.7 Å². The van der Waals surface area contributed by atoms with Crippen LogP contribution in [0.3, 0.4) is 0 Å². The summed E-state index contributed by atoms with van der Waals surface area (Å²) in [5.41, 5.74) is 0.215. The fourth-order valence-electron chi connectivity index (χ4n) is 2.41. The van der Waals surface area contributed by atoms with E-state index in [1.165, 1.54) is 50.2 Å². The van der Waals surface area contributed by atoms with Gasteiger partial charge in [0.15, 0.2) is 28.8 Å². The molecule has 0 atom stereocenters. The third-order valence-corrected chi connectivity index (χ3v) is 3.43. The Labute approximate surface area is 171 Å². The van der Waals surface area contributed by atoms with Crippen molar-refractivity contribution in [2.24, 2.45) is 0 Å². The summed E-state index contributed by atoms with van der Waals surface area (Å²) in [5.74, 6) is -3.39. The molecule has 0 amide bonds. The second-order valence-corrected chi connectivity index (χ2v) is 6.03. The molecule has 0 spiro atoms. The van der Waals surface area contributed by atoms with Crippen LogP contribution in [0.4, 0.5) is 0 Å². The Kier molecular flexibility index (Phi) is 7.03. The highest BCUT2D eigenvalue weighted by Crippen LogP contribution is 2.32. The lowest BCUT2D eigenvalue weighted by atomic mass is 10.0. The molecule has 9 nitrogen and oxygen atoms in total. The fraction of sp³-hybridized carbons (Fsp3) is 0.190. The molecule has 2 aromatic rings. The van der Waals surface area contributed by atoms with E-state index in [0.29, 0.717) is 0 Å². The molecule has 0 aliphatic heterocycles. The molecule has 0 aromatic heterocycles. The monoisotopic (exact) mass is 414 g/mol. The number of carbonyl (C=O) groups excluding carboxylic acids is 5. The Balaban J connectivity index is 2.45. The number of ketones is 1. The average Bonchev–Trinajstić information content (AvgIpc) is 2.62. The van der Waals surface area contributed by atoms with Crippen LogP contribution in [0.2, 0.25) is 0 Å². The van der Waals surface area contributed by atoms with Gasteiger partial charge in [0, 0.05) is 38.8 Å². The molecule has 0 fully saturated rings. The van der Waals surface area contributed by atoms with Crippen LogP contribution in [0.5, 0.6) is 23.0 Å². The molecule has 0 unspecified atom stereocenters. The molecule has 2 rings (SSSR count).